The molecular formula is C16H12N2O. The topological polar surface area (TPSA) is 53.8 Å². The first-order chi connectivity index (χ1) is 9.29. The first-order valence-electron chi connectivity index (χ1n) is 6.32. The number of hydrogen-bond donors (Lipinski definition) is 0. The number of aryl methyl sites for hydroxylation is 1. The molecule has 3 nitrogen and oxygen atoms in total. The molecule has 0 unspecified atom stereocenters. The van der Waals surface area contributed by atoms with Gasteiger partial charge in [0.25, 0.3) is 0 Å². The fraction of sp³-hybridized carbons (Fsp3) is 0.188. The van der Waals surface area contributed by atoms with Crippen LogP contribution in [0, 0.1) is 11.3 Å². The molecule has 92 valence electrons. The average Bonchev–Trinajstić information content (AvgIpc) is 2.47. The molecule has 0 aliphatic heterocycles. The maximum Gasteiger partial charge on any atom is 0.164 e. The highest BCUT2D eigenvalue weighted by atomic mass is 16.1. The molecule has 0 amide bonds. The zero-order valence-corrected chi connectivity index (χ0v) is 10.4. The molecule has 0 radical (unpaired) electrons. The van der Waals surface area contributed by atoms with E-state index in [4.69, 9.17) is 0 Å². The van der Waals surface area contributed by atoms with Crippen LogP contribution < -0.4 is 0 Å². The largest absolute Gasteiger partial charge is 0.294 e. The van der Waals surface area contributed by atoms with Gasteiger partial charge in [-0.2, -0.15) is 5.26 Å². The van der Waals surface area contributed by atoms with Gasteiger partial charge in [-0.1, -0.05) is 30.3 Å². The maximum atomic E-state index is 11.9. The van der Waals surface area contributed by atoms with Crippen molar-refractivity contribution in [2.45, 2.75) is 19.3 Å². The fourth-order valence-electron chi connectivity index (χ4n) is 2.44. The summed E-state index contributed by atoms with van der Waals surface area (Å²) in [5.41, 5.74) is 3.52. The molecular weight excluding hydrogens is 236 g/mol. The van der Waals surface area contributed by atoms with E-state index in [1.54, 1.807) is 6.07 Å². The van der Waals surface area contributed by atoms with E-state index in [1.807, 2.05) is 30.3 Å². The third-order valence-corrected chi connectivity index (χ3v) is 3.39. The van der Waals surface area contributed by atoms with E-state index in [9.17, 15) is 10.1 Å². The summed E-state index contributed by atoms with van der Waals surface area (Å²) in [5, 5.41) is 9.27. The molecule has 0 atom stereocenters. The minimum absolute atomic E-state index is 0.102. The highest BCUT2D eigenvalue weighted by Crippen LogP contribution is 2.27. The third-order valence-electron chi connectivity index (χ3n) is 3.39. The van der Waals surface area contributed by atoms with Gasteiger partial charge in [-0.25, -0.2) is 0 Å². The van der Waals surface area contributed by atoms with E-state index < -0.39 is 0 Å². The molecule has 0 fully saturated rings. The molecule has 0 saturated heterocycles. The molecule has 3 rings (SSSR count). The van der Waals surface area contributed by atoms with Crippen molar-refractivity contribution in [3.8, 4) is 17.3 Å². The Bertz CT molecular complexity index is 684. The Morgan fingerprint density at radius 2 is 1.95 bits per heavy atom. The van der Waals surface area contributed by atoms with E-state index in [0.29, 0.717) is 23.2 Å². The number of Topliss-reactive ketones (excluding diaryl/α,β-unsaturated/α-hetero) is 1. The van der Waals surface area contributed by atoms with Gasteiger partial charge < -0.3 is 0 Å². The van der Waals surface area contributed by atoms with E-state index in [-0.39, 0.29) is 5.78 Å². The predicted octanol–water partition coefficient (Wildman–Crippen LogP) is 3.14. The normalized spacial score (nSPS) is 13.7. The zero-order valence-electron chi connectivity index (χ0n) is 10.4. The van der Waals surface area contributed by atoms with Crippen LogP contribution in [0.25, 0.3) is 11.3 Å². The molecule has 2 aromatic rings. The third kappa shape index (κ3) is 2.02. The van der Waals surface area contributed by atoms with Crippen molar-refractivity contribution < 1.29 is 4.79 Å². The van der Waals surface area contributed by atoms with Crippen molar-refractivity contribution >= 4 is 5.78 Å². The summed E-state index contributed by atoms with van der Waals surface area (Å²) in [5.74, 6) is 0.102. The van der Waals surface area contributed by atoms with Gasteiger partial charge in [-0.3, -0.25) is 9.78 Å². The summed E-state index contributed by atoms with van der Waals surface area (Å²) in [4.78, 5) is 16.4. The Labute approximate surface area is 111 Å². The van der Waals surface area contributed by atoms with Gasteiger partial charge in [0.05, 0.1) is 17.0 Å². The van der Waals surface area contributed by atoms with Crippen LogP contribution in [0.15, 0.2) is 36.4 Å². The van der Waals surface area contributed by atoms with Crippen molar-refractivity contribution in [2.75, 3.05) is 0 Å². The van der Waals surface area contributed by atoms with Crippen LogP contribution in [0.2, 0.25) is 0 Å². The first-order valence-corrected chi connectivity index (χ1v) is 6.32. The number of nitriles is 1. The smallest absolute Gasteiger partial charge is 0.164 e. The van der Waals surface area contributed by atoms with Crippen LogP contribution in [-0.4, -0.2) is 10.8 Å². The number of pyridine rings is 1. The van der Waals surface area contributed by atoms with Crippen LogP contribution >= 0.6 is 0 Å². The van der Waals surface area contributed by atoms with Crippen molar-refractivity contribution in [3.05, 3.63) is 53.2 Å². The zero-order chi connectivity index (χ0) is 13.2. The molecule has 1 aromatic heterocycles. The molecule has 0 spiro atoms. The Morgan fingerprint density at radius 1 is 1.16 bits per heavy atom. The number of ketones is 1. The lowest BCUT2D eigenvalue weighted by Gasteiger charge is -2.15. The lowest BCUT2D eigenvalue weighted by atomic mass is 9.92. The summed E-state index contributed by atoms with van der Waals surface area (Å²) in [6.07, 6.45) is 2.22. The quantitative estimate of drug-likeness (QED) is 0.779. The minimum atomic E-state index is 0.102. The van der Waals surface area contributed by atoms with Crippen LogP contribution in [0.5, 0.6) is 0 Å². The highest BCUT2D eigenvalue weighted by molar-refractivity contribution is 5.98. The second kappa shape index (κ2) is 4.66. The SMILES string of the molecule is N#Cc1cc2c(nc1-c1ccccc1)CCCC2=O. The van der Waals surface area contributed by atoms with Gasteiger partial charge in [-0.05, 0) is 18.9 Å². The van der Waals surface area contributed by atoms with Crippen LogP contribution in [0.4, 0.5) is 0 Å². The van der Waals surface area contributed by atoms with Crippen LogP contribution in [0.3, 0.4) is 0 Å². The Hall–Kier alpha value is -2.47. The lowest BCUT2D eigenvalue weighted by molar-refractivity contribution is 0.0971. The number of hydrogen-bond acceptors (Lipinski definition) is 3. The van der Waals surface area contributed by atoms with Crippen molar-refractivity contribution in [1.82, 2.24) is 4.98 Å². The Morgan fingerprint density at radius 3 is 2.68 bits per heavy atom. The molecule has 1 aromatic carbocycles. The molecule has 0 saturated carbocycles. The molecule has 3 heteroatoms. The minimum Gasteiger partial charge on any atom is -0.294 e. The van der Waals surface area contributed by atoms with E-state index in [1.165, 1.54) is 0 Å². The molecule has 1 aliphatic carbocycles. The van der Waals surface area contributed by atoms with Gasteiger partial charge in [0.2, 0.25) is 0 Å². The average molecular weight is 248 g/mol. The molecule has 0 N–H and O–H groups in total. The van der Waals surface area contributed by atoms with Gasteiger partial charge in [-0.15, -0.1) is 0 Å². The summed E-state index contributed by atoms with van der Waals surface area (Å²) < 4.78 is 0. The van der Waals surface area contributed by atoms with Crippen molar-refractivity contribution in [3.63, 3.8) is 0 Å². The number of carbonyl (C=O) groups is 1. The van der Waals surface area contributed by atoms with Gasteiger partial charge in [0.15, 0.2) is 5.78 Å². The number of fused-ring (bicyclic) bond motifs is 1. The van der Waals surface area contributed by atoms with Crippen LogP contribution in [0.1, 0.15) is 34.5 Å². The first kappa shape index (κ1) is 11.6. The molecule has 19 heavy (non-hydrogen) atoms. The molecule has 1 heterocycles. The lowest BCUT2D eigenvalue weighted by Crippen LogP contribution is -2.13. The molecule has 0 bridgehead atoms. The van der Waals surface area contributed by atoms with E-state index >= 15 is 0 Å². The standard InChI is InChI=1S/C16H12N2O/c17-10-12-9-13-14(7-4-8-15(13)19)18-16(12)11-5-2-1-3-6-11/h1-3,5-6,9H,4,7-8H2. The number of nitrogens with zero attached hydrogens (tertiary/aromatic N) is 2. The summed E-state index contributed by atoms with van der Waals surface area (Å²) in [7, 11) is 0. The van der Waals surface area contributed by atoms with Gasteiger partial charge in [0, 0.05) is 17.5 Å². The second-order valence-electron chi connectivity index (χ2n) is 4.63. The van der Waals surface area contributed by atoms with E-state index in [2.05, 4.69) is 11.1 Å². The second-order valence-corrected chi connectivity index (χ2v) is 4.63. The number of rotatable bonds is 1. The Balaban J connectivity index is 2.21. The monoisotopic (exact) mass is 248 g/mol. The summed E-state index contributed by atoms with van der Waals surface area (Å²) in [6, 6.07) is 13.5. The van der Waals surface area contributed by atoms with Crippen molar-refractivity contribution in [2.24, 2.45) is 0 Å². The molecule has 1 aliphatic rings. The van der Waals surface area contributed by atoms with Crippen LogP contribution in [-0.2, 0) is 6.42 Å². The number of carbonyl (C=O) groups excluding carboxylic acids is 1. The number of benzene rings is 1. The van der Waals surface area contributed by atoms with Gasteiger partial charge in [0.1, 0.15) is 6.07 Å². The summed E-state index contributed by atoms with van der Waals surface area (Å²) >= 11 is 0. The van der Waals surface area contributed by atoms with E-state index in [0.717, 1.165) is 24.1 Å². The fourth-order valence-corrected chi connectivity index (χ4v) is 2.44. The Kier molecular flexibility index (Phi) is 2.85. The highest BCUT2D eigenvalue weighted by Gasteiger charge is 2.21. The summed E-state index contributed by atoms with van der Waals surface area (Å²) in [6.45, 7) is 0. The predicted molar refractivity (Wildman–Crippen MR) is 71.7 cm³/mol. The number of aromatic nitrogens is 1. The maximum absolute atomic E-state index is 11.9. The van der Waals surface area contributed by atoms with Gasteiger partial charge >= 0.3 is 0 Å². The van der Waals surface area contributed by atoms with Crippen molar-refractivity contribution in [1.29, 1.82) is 5.26 Å².